The third-order valence-electron chi connectivity index (χ3n) is 5.49. The molecule has 8 heteroatoms. The van der Waals surface area contributed by atoms with Gasteiger partial charge in [-0.1, -0.05) is 29.8 Å². The van der Waals surface area contributed by atoms with Crippen molar-refractivity contribution in [2.75, 3.05) is 22.5 Å². The fourth-order valence-corrected chi connectivity index (χ4v) is 5.51. The maximum absolute atomic E-state index is 11.1. The van der Waals surface area contributed by atoms with Crippen molar-refractivity contribution < 1.29 is 19.0 Å². The molecule has 0 bridgehead atoms. The number of nitrogens with zero attached hydrogens (tertiary/aromatic N) is 2. The number of rotatable bonds is 5. The van der Waals surface area contributed by atoms with Gasteiger partial charge in [-0.25, -0.2) is 4.98 Å². The highest BCUT2D eigenvalue weighted by molar-refractivity contribution is 8.24. The molecule has 164 valence electrons. The molecule has 31 heavy (non-hydrogen) atoms. The molecule has 0 fully saturated rings. The normalized spacial score (nSPS) is 17.5. The number of anilines is 2. The summed E-state index contributed by atoms with van der Waals surface area (Å²) < 4.78 is 21.3. The van der Waals surface area contributed by atoms with Gasteiger partial charge in [-0.05, 0) is 37.6 Å². The van der Waals surface area contributed by atoms with Gasteiger partial charge in [0.1, 0.15) is 5.82 Å². The van der Waals surface area contributed by atoms with E-state index in [-0.39, 0.29) is 18.2 Å². The zero-order valence-electron chi connectivity index (χ0n) is 17.6. The smallest absolute Gasteiger partial charge is 0.305 e. The largest absolute Gasteiger partial charge is 0.481 e. The maximum Gasteiger partial charge on any atom is 0.305 e. The van der Waals surface area contributed by atoms with E-state index < -0.39 is 16.6 Å². The minimum Gasteiger partial charge on any atom is -0.481 e. The van der Waals surface area contributed by atoms with Gasteiger partial charge in [0.2, 0.25) is 0 Å². The highest BCUT2D eigenvalue weighted by Crippen LogP contribution is 2.51. The first-order chi connectivity index (χ1) is 14.7. The molecule has 2 aromatic carbocycles. The molecule has 7 nitrogen and oxygen atoms in total. The lowest BCUT2D eigenvalue weighted by Crippen LogP contribution is -2.26. The van der Waals surface area contributed by atoms with Crippen molar-refractivity contribution in [3.63, 3.8) is 0 Å². The first kappa shape index (κ1) is 21.4. The standard InChI is InChI=1S/C23H27N3O4S/c1-15-7-8-19-18(11-15)20(24-16(2)12-23(27)28)13-22(25-19)26-9-10-31(29,30)21-6-4-3-5-17(21)14-26/h3-8,11,13,16,29-30H,9-10,12,14H2,1-2H3,(H,24,25)(H,27,28). The molecule has 0 aliphatic carbocycles. The van der Waals surface area contributed by atoms with Crippen LogP contribution in [0.2, 0.25) is 0 Å². The predicted molar refractivity (Wildman–Crippen MR) is 125 cm³/mol. The van der Waals surface area contributed by atoms with Crippen LogP contribution >= 0.6 is 10.6 Å². The summed E-state index contributed by atoms with van der Waals surface area (Å²) in [6, 6.07) is 15.1. The number of hydrogen-bond acceptors (Lipinski definition) is 6. The SMILES string of the molecule is Cc1ccc2nc(N3CCS(O)(O)c4ccccc4C3)cc(NC(C)CC(=O)O)c2c1. The number of pyridine rings is 1. The van der Waals surface area contributed by atoms with Crippen LogP contribution in [-0.4, -0.2) is 43.5 Å². The number of benzene rings is 2. The molecule has 2 heterocycles. The molecular formula is C23H27N3O4S. The summed E-state index contributed by atoms with van der Waals surface area (Å²) in [7, 11) is -2.86. The molecule has 4 rings (SSSR count). The average molecular weight is 442 g/mol. The van der Waals surface area contributed by atoms with Gasteiger partial charge < -0.3 is 15.3 Å². The van der Waals surface area contributed by atoms with Gasteiger partial charge >= 0.3 is 5.97 Å². The van der Waals surface area contributed by atoms with E-state index in [1.807, 2.05) is 61.2 Å². The van der Waals surface area contributed by atoms with Crippen LogP contribution in [0.3, 0.4) is 0 Å². The van der Waals surface area contributed by atoms with Gasteiger partial charge in [-0.2, -0.15) is 10.6 Å². The zero-order chi connectivity index (χ0) is 22.2. The Hall–Kier alpha value is -2.81. The number of carboxylic acids is 1. The summed E-state index contributed by atoms with van der Waals surface area (Å²) in [6.07, 6.45) is 0.00294. The third-order valence-corrected chi connectivity index (χ3v) is 7.34. The highest BCUT2D eigenvalue weighted by atomic mass is 32.3. The average Bonchev–Trinajstić information content (AvgIpc) is 2.84. The Labute approximate surface area is 183 Å². The molecule has 1 aliphatic heterocycles. The second kappa shape index (κ2) is 8.37. The van der Waals surface area contributed by atoms with Crippen LogP contribution in [0, 0.1) is 6.92 Å². The topological polar surface area (TPSA) is 106 Å². The van der Waals surface area contributed by atoms with E-state index in [2.05, 4.69) is 5.32 Å². The van der Waals surface area contributed by atoms with Crippen molar-refractivity contribution in [3.05, 3.63) is 59.7 Å². The number of aryl methyl sites for hydroxylation is 1. The fraction of sp³-hybridized carbons (Fsp3) is 0.304. The first-order valence-electron chi connectivity index (χ1n) is 10.2. The van der Waals surface area contributed by atoms with Crippen LogP contribution in [0.1, 0.15) is 24.5 Å². The number of carboxylic acid groups (broad SMARTS) is 1. The van der Waals surface area contributed by atoms with Crippen LogP contribution in [-0.2, 0) is 11.3 Å². The molecule has 0 saturated heterocycles. The maximum atomic E-state index is 11.1. The predicted octanol–water partition coefficient (Wildman–Crippen LogP) is 4.95. The Balaban J connectivity index is 1.76. The third kappa shape index (κ3) is 4.61. The molecule has 3 aromatic rings. The van der Waals surface area contributed by atoms with Crippen LogP contribution in [0.25, 0.3) is 10.9 Å². The van der Waals surface area contributed by atoms with E-state index in [0.717, 1.165) is 27.7 Å². The summed E-state index contributed by atoms with van der Waals surface area (Å²) in [5.74, 6) is 0.0906. The van der Waals surface area contributed by atoms with Crippen LogP contribution in [0.4, 0.5) is 11.5 Å². The summed E-state index contributed by atoms with van der Waals surface area (Å²) in [4.78, 5) is 18.6. The van der Waals surface area contributed by atoms with E-state index in [9.17, 15) is 13.9 Å². The summed E-state index contributed by atoms with van der Waals surface area (Å²) in [5, 5.41) is 13.4. The molecule has 0 spiro atoms. The van der Waals surface area contributed by atoms with E-state index in [4.69, 9.17) is 10.1 Å². The van der Waals surface area contributed by atoms with Crippen molar-refractivity contribution in [1.82, 2.24) is 4.98 Å². The van der Waals surface area contributed by atoms with Crippen molar-refractivity contribution in [1.29, 1.82) is 0 Å². The van der Waals surface area contributed by atoms with Crippen molar-refractivity contribution in [2.24, 2.45) is 0 Å². The Morgan fingerprint density at radius 1 is 1.23 bits per heavy atom. The van der Waals surface area contributed by atoms with Gasteiger partial charge in [0.25, 0.3) is 0 Å². The number of carbonyl (C=O) groups is 1. The second-order valence-electron chi connectivity index (χ2n) is 8.09. The van der Waals surface area contributed by atoms with Gasteiger partial charge in [-0.3, -0.25) is 13.9 Å². The molecule has 4 N–H and O–H groups in total. The Morgan fingerprint density at radius 3 is 2.77 bits per heavy atom. The molecule has 0 radical (unpaired) electrons. The van der Waals surface area contributed by atoms with E-state index in [1.54, 1.807) is 6.07 Å². The summed E-state index contributed by atoms with van der Waals surface area (Å²) in [5.41, 5.74) is 3.59. The highest BCUT2D eigenvalue weighted by Gasteiger charge is 2.26. The lowest BCUT2D eigenvalue weighted by atomic mass is 10.1. The molecule has 0 saturated carbocycles. The number of hydrogen-bond donors (Lipinski definition) is 4. The molecular weight excluding hydrogens is 414 g/mol. The number of fused-ring (bicyclic) bond motifs is 2. The fourth-order valence-electron chi connectivity index (χ4n) is 3.97. The number of nitrogens with one attached hydrogen (secondary N) is 1. The van der Waals surface area contributed by atoms with Gasteiger partial charge in [0.15, 0.2) is 0 Å². The van der Waals surface area contributed by atoms with Crippen LogP contribution in [0.5, 0.6) is 0 Å². The molecule has 1 atom stereocenters. The van der Waals surface area contributed by atoms with Crippen molar-refractivity contribution in [3.8, 4) is 0 Å². The van der Waals surface area contributed by atoms with E-state index >= 15 is 0 Å². The first-order valence-corrected chi connectivity index (χ1v) is 11.9. The number of aliphatic carboxylic acids is 1. The molecule has 1 aliphatic rings. The van der Waals surface area contributed by atoms with Gasteiger partial charge in [0, 0.05) is 36.3 Å². The van der Waals surface area contributed by atoms with Crippen LogP contribution in [0.15, 0.2) is 53.4 Å². The molecule has 1 unspecified atom stereocenters. The van der Waals surface area contributed by atoms with Crippen LogP contribution < -0.4 is 10.2 Å². The van der Waals surface area contributed by atoms with Gasteiger partial charge in [0.05, 0.1) is 22.6 Å². The minimum atomic E-state index is -2.86. The Morgan fingerprint density at radius 2 is 2.00 bits per heavy atom. The van der Waals surface area contributed by atoms with E-state index in [0.29, 0.717) is 23.8 Å². The lowest BCUT2D eigenvalue weighted by molar-refractivity contribution is -0.137. The summed E-state index contributed by atoms with van der Waals surface area (Å²) >= 11 is 0. The van der Waals surface area contributed by atoms with Gasteiger partial charge in [-0.15, -0.1) is 0 Å². The lowest BCUT2D eigenvalue weighted by Gasteiger charge is -2.32. The Kier molecular flexibility index (Phi) is 5.79. The monoisotopic (exact) mass is 441 g/mol. The van der Waals surface area contributed by atoms with Crippen molar-refractivity contribution >= 4 is 39.0 Å². The molecule has 0 amide bonds. The quantitative estimate of drug-likeness (QED) is 0.444. The summed E-state index contributed by atoms with van der Waals surface area (Å²) in [6.45, 7) is 4.81. The Bertz CT molecular complexity index is 1140. The number of aromatic nitrogens is 1. The zero-order valence-corrected chi connectivity index (χ0v) is 18.4. The second-order valence-corrected chi connectivity index (χ2v) is 10.3. The van der Waals surface area contributed by atoms with Crippen molar-refractivity contribution in [2.45, 2.75) is 37.8 Å². The molecule has 1 aromatic heterocycles. The minimum absolute atomic E-state index is 0.00294. The van der Waals surface area contributed by atoms with E-state index in [1.165, 1.54) is 0 Å².